The van der Waals surface area contributed by atoms with Crippen LogP contribution in [0, 0.1) is 11.6 Å². The quantitative estimate of drug-likeness (QED) is 0.873. The Morgan fingerprint density at radius 1 is 1.53 bits per heavy atom. The highest BCUT2D eigenvalue weighted by molar-refractivity contribution is 5.92. The molecule has 0 atom stereocenters. The Balaban J connectivity index is 2.71. The van der Waals surface area contributed by atoms with Gasteiger partial charge in [0.15, 0.2) is 11.5 Å². The van der Waals surface area contributed by atoms with Crippen molar-refractivity contribution in [1.29, 1.82) is 0 Å². The largest absolute Gasteiger partial charge is 0.377 e. The minimum Gasteiger partial charge on any atom is -0.377 e. The van der Waals surface area contributed by atoms with Crippen LogP contribution in [-0.2, 0) is 4.74 Å². The Bertz CT molecular complexity index is 422. The summed E-state index contributed by atoms with van der Waals surface area (Å²) in [6, 6.07) is 0.614. The summed E-state index contributed by atoms with van der Waals surface area (Å²) in [4.78, 5) is 14.9. The fraction of sp³-hybridized carbons (Fsp3) is 0.455. The Kier molecular flexibility index (Phi) is 4.11. The number of hydrogen-bond donors (Lipinski definition) is 1. The maximum atomic E-state index is 13.2. The molecule has 0 spiro atoms. The second-order valence-electron chi connectivity index (χ2n) is 4.13. The van der Waals surface area contributed by atoms with Gasteiger partial charge in [-0.3, -0.25) is 4.79 Å². The average Bonchev–Trinajstić information content (AvgIpc) is 2.26. The summed E-state index contributed by atoms with van der Waals surface area (Å²) in [7, 11) is 1.50. The molecule has 0 saturated carbocycles. The molecule has 17 heavy (non-hydrogen) atoms. The normalized spacial score (nSPS) is 11.4. The van der Waals surface area contributed by atoms with Gasteiger partial charge in [0.05, 0.1) is 11.8 Å². The van der Waals surface area contributed by atoms with Crippen LogP contribution in [0.3, 0.4) is 0 Å². The Morgan fingerprint density at radius 3 is 2.71 bits per heavy atom. The number of methoxy groups -OCH3 is 1. The van der Waals surface area contributed by atoms with Crippen LogP contribution in [-0.4, -0.2) is 30.1 Å². The molecule has 4 nitrogen and oxygen atoms in total. The van der Waals surface area contributed by atoms with Crippen molar-refractivity contribution < 1.29 is 18.3 Å². The van der Waals surface area contributed by atoms with Gasteiger partial charge >= 0.3 is 0 Å². The summed E-state index contributed by atoms with van der Waals surface area (Å²) < 4.78 is 30.9. The second-order valence-corrected chi connectivity index (χ2v) is 4.13. The number of amides is 1. The zero-order valence-corrected chi connectivity index (χ0v) is 9.88. The summed E-state index contributed by atoms with van der Waals surface area (Å²) in [6.07, 6.45) is 0.791. The van der Waals surface area contributed by atoms with Crippen molar-refractivity contribution in [3.8, 4) is 0 Å². The predicted octanol–water partition coefficient (Wildman–Crippen LogP) is 1.51. The lowest BCUT2D eigenvalue weighted by Gasteiger charge is -2.22. The van der Waals surface area contributed by atoms with Gasteiger partial charge in [0.25, 0.3) is 5.91 Å². The highest BCUT2D eigenvalue weighted by atomic mass is 19.1. The number of rotatable bonds is 4. The topological polar surface area (TPSA) is 51.2 Å². The molecule has 1 N–H and O–H groups in total. The molecule has 0 aliphatic heterocycles. The molecule has 0 unspecified atom stereocenters. The molecular formula is C11H14F2N2O2. The van der Waals surface area contributed by atoms with Gasteiger partial charge in [-0.1, -0.05) is 0 Å². The van der Waals surface area contributed by atoms with Gasteiger partial charge in [-0.2, -0.15) is 0 Å². The first-order valence-corrected chi connectivity index (χ1v) is 5.00. The van der Waals surface area contributed by atoms with E-state index in [0.717, 1.165) is 6.20 Å². The molecule has 0 saturated heterocycles. The van der Waals surface area contributed by atoms with Gasteiger partial charge in [0, 0.05) is 19.7 Å². The molecule has 1 rings (SSSR count). The molecule has 1 aromatic rings. The van der Waals surface area contributed by atoms with Crippen LogP contribution in [0.2, 0.25) is 0 Å². The van der Waals surface area contributed by atoms with Gasteiger partial charge in [0.2, 0.25) is 0 Å². The molecular weight excluding hydrogens is 230 g/mol. The lowest BCUT2D eigenvalue weighted by Crippen LogP contribution is -2.40. The molecule has 0 radical (unpaired) electrons. The fourth-order valence-corrected chi connectivity index (χ4v) is 1.03. The van der Waals surface area contributed by atoms with Gasteiger partial charge in [0.1, 0.15) is 5.82 Å². The molecule has 1 heterocycles. The molecule has 0 aromatic carbocycles. The van der Waals surface area contributed by atoms with Crippen molar-refractivity contribution in [2.75, 3.05) is 13.7 Å². The smallest absolute Gasteiger partial charge is 0.273 e. The number of carbonyl (C=O) groups is 1. The molecule has 0 bridgehead atoms. The molecule has 6 heteroatoms. The van der Waals surface area contributed by atoms with E-state index in [1.165, 1.54) is 7.11 Å². The van der Waals surface area contributed by atoms with E-state index in [9.17, 15) is 13.6 Å². The summed E-state index contributed by atoms with van der Waals surface area (Å²) in [5.41, 5.74) is -0.995. The molecule has 1 amide bonds. The van der Waals surface area contributed by atoms with E-state index in [4.69, 9.17) is 4.74 Å². The van der Waals surface area contributed by atoms with Crippen molar-refractivity contribution in [3.05, 3.63) is 29.6 Å². The Hall–Kier alpha value is -1.56. The third-order valence-electron chi connectivity index (χ3n) is 2.25. The minimum absolute atomic E-state index is 0.195. The highest BCUT2D eigenvalue weighted by Crippen LogP contribution is 2.08. The van der Waals surface area contributed by atoms with Gasteiger partial charge in [-0.15, -0.1) is 0 Å². The van der Waals surface area contributed by atoms with E-state index in [1.807, 2.05) is 0 Å². The third-order valence-corrected chi connectivity index (χ3v) is 2.25. The first kappa shape index (κ1) is 13.5. The van der Waals surface area contributed by atoms with Crippen LogP contribution in [0.4, 0.5) is 8.78 Å². The van der Waals surface area contributed by atoms with Gasteiger partial charge in [-0.25, -0.2) is 13.8 Å². The summed E-state index contributed by atoms with van der Waals surface area (Å²) in [6.45, 7) is 3.73. The molecule has 0 aliphatic rings. The molecule has 1 aromatic heterocycles. The van der Waals surface area contributed by atoms with Crippen molar-refractivity contribution in [1.82, 2.24) is 10.3 Å². The maximum Gasteiger partial charge on any atom is 0.273 e. The monoisotopic (exact) mass is 244 g/mol. The van der Waals surface area contributed by atoms with E-state index >= 15 is 0 Å². The maximum absolute atomic E-state index is 13.2. The van der Waals surface area contributed by atoms with E-state index < -0.39 is 28.8 Å². The fourth-order valence-electron chi connectivity index (χ4n) is 1.03. The van der Waals surface area contributed by atoms with Crippen LogP contribution in [0.15, 0.2) is 12.3 Å². The number of ether oxygens (including phenoxy) is 1. The average molecular weight is 244 g/mol. The highest BCUT2D eigenvalue weighted by Gasteiger charge is 2.20. The third kappa shape index (κ3) is 3.74. The van der Waals surface area contributed by atoms with Crippen LogP contribution in [0.5, 0.6) is 0 Å². The van der Waals surface area contributed by atoms with Crippen LogP contribution < -0.4 is 5.32 Å². The summed E-state index contributed by atoms with van der Waals surface area (Å²) in [5, 5.41) is 2.46. The number of hydrogen-bond acceptors (Lipinski definition) is 3. The standard InChI is InChI=1S/C11H14F2N2O2/c1-11(2,17-3)6-15-10(16)9-8(13)4-7(12)5-14-9/h4-5H,6H2,1-3H3,(H,15,16). The molecule has 0 aliphatic carbocycles. The number of aromatic nitrogens is 1. The lowest BCUT2D eigenvalue weighted by molar-refractivity contribution is 0.0227. The van der Waals surface area contributed by atoms with Crippen LogP contribution in [0.1, 0.15) is 24.3 Å². The Labute approximate surface area is 98.0 Å². The van der Waals surface area contributed by atoms with E-state index in [0.29, 0.717) is 6.07 Å². The van der Waals surface area contributed by atoms with Crippen molar-refractivity contribution in [2.24, 2.45) is 0 Å². The molecule has 0 fully saturated rings. The number of nitrogens with zero attached hydrogens (tertiary/aromatic N) is 1. The Morgan fingerprint density at radius 2 is 2.18 bits per heavy atom. The SMILES string of the molecule is COC(C)(C)CNC(=O)c1ncc(F)cc1F. The van der Waals surface area contributed by atoms with Crippen molar-refractivity contribution >= 4 is 5.91 Å². The number of nitrogens with one attached hydrogen (secondary N) is 1. The first-order valence-electron chi connectivity index (χ1n) is 5.00. The van der Waals surface area contributed by atoms with E-state index in [-0.39, 0.29) is 6.54 Å². The van der Waals surface area contributed by atoms with Crippen LogP contribution >= 0.6 is 0 Å². The first-order chi connectivity index (χ1) is 7.85. The van der Waals surface area contributed by atoms with Crippen molar-refractivity contribution in [3.63, 3.8) is 0 Å². The number of carbonyl (C=O) groups excluding carboxylic acids is 1. The zero-order valence-electron chi connectivity index (χ0n) is 9.88. The van der Waals surface area contributed by atoms with Gasteiger partial charge < -0.3 is 10.1 Å². The zero-order chi connectivity index (χ0) is 13.1. The van der Waals surface area contributed by atoms with E-state index in [1.54, 1.807) is 13.8 Å². The minimum atomic E-state index is -0.988. The number of pyridine rings is 1. The molecule has 94 valence electrons. The van der Waals surface area contributed by atoms with Crippen molar-refractivity contribution in [2.45, 2.75) is 19.4 Å². The predicted molar refractivity (Wildman–Crippen MR) is 57.6 cm³/mol. The van der Waals surface area contributed by atoms with E-state index in [2.05, 4.69) is 10.3 Å². The lowest BCUT2D eigenvalue weighted by atomic mass is 10.1. The van der Waals surface area contributed by atoms with Crippen LogP contribution in [0.25, 0.3) is 0 Å². The number of halogens is 2. The van der Waals surface area contributed by atoms with Gasteiger partial charge in [-0.05, 0) is 13.8 Å². The summed E-state index contributed by atoms with van der Waals surface area (Å²) >= 11 is 0. The summed E-state index contributed by atoms with van der Waals surface area (Å²) in [5.74, 6) is -2.51. The second kappa shape index (κ2) is 5.18.